The molecule has 2 aromatic carbocycles. The van der Waals surface area contributed by atoms with E-state index in [1.165, 1.54) is 78.8 Å². The number of hydrogen-bond donors (Lipinski definition) is 1. The predicted octanol–water partition coefficient (Wildman–Crippen LogP) is 9.08. The zero-order valence-electron chi connectivity index (χ0n) is 37.9. The molecular weight excluding hydrogens is 757 g/mol. The van der Waals surface area contributed by atoms with E-state index in [1.54, 1.807) is 0 Å². The predicted molar refractivity (Wildman–Crippen MR) is 251 cm³/mol. The summed E-state index contributed by atoms with van der Waals surface area (Å²) in [5, 5.41) is 8.97. The number of fused-ring (bicyclic) bond motifs is 2. The Morgan fingerprint density at radius 1 is 0.623 bits per heavy atom. The summed E-state index contributed by atoms with van der Waals surface area (Å²) in [6.45, 7) is 22.2. The van der Waals surface area contributed by atoms with E-state index in [2.05, 4.69) is 120 Å². The first-order valence-corrected chi connectivity index (χ1v) is 23.4. The van der Waals surface area contributed by atoms with Crippen LogP contribution in [0.4, 0.5) is 11.6 Å². The quantitative estimate of drug-likeness (QED) is 0.105. The minimum absolute atomic E-state index is 0.188. The standard InChI is InChI=1S/C27H37N3O2.C25H35N3O/c1-21(31)32-19-5-4-14-29-15-17-30(18-16-29)26-10-6-9-25(28-26)23-12-11-22-8-7-13-27(2,3)24(22)20-23;1-25(2)12-6-7-20-10-11-21(19-22(20)25)23-8-5-9-24(26-23)28-16-14-27(15-17-28)13-3-4-18-29/h6,9-12,20H,4-5,7-8,13-19H2,1-3H3;5,8-11,19,29H,3-4,6-7,12-18H2,1-2H3. The number of esters is 1. The Morgan fingerprint density at radius 3 is 1.52 bits per heavy atom. The number of rotatable bonds is 13. The van der Waals surface area contributed by atoms with Gasteiger partial charge < -0.3 is 19.6 Å². The van der Waals surface area contributed by atoms with Crippen LogP contribution in [0, 0.1) is 0 Å². The third-order valence-electron chi connectivity index (χ3n) is 13.7. The molecule has 1 N–H and O–H groups in total. The number of aromatic nitrogens is 2. The topological polar surface area (TPSA) is 85.3 Å². The summed E-state index contributed by atoms with van der Waals surface area (Å²) in [6, 6.07) is 26.8. The van der Waals surface area contributed by atoms with E-state index in [0.717, 1.165) is 114 Å². The van der Waals surface area contributed by atoms with Gasteiger partial charge in [0.15, 0.2) is 0 Å². The molecule has 0 atom stereocenters. The molecule has 2 aliphatic heterocycles. The van der Waals surface area contributed by atoms with Crippen molar-refractivity contribution in [2.45, 2.75) is 110 Å². The molecule has 61 heavy (non-hydrogen) atoms. The summed E-state index contributed by atoms with van der Waals surface area (Å²) >= 11 is 0. The van der Waals surface area contributed by atoms with Gasteiger partial charge in [-0.15, -0.1) is 0 Å². The highest BCUT2D eigenvalue weighted by Crippen LogP contribution is 2.40. The van der Waals surface area contributed by atoms with E-state index in [0.29, 0.717) is 13.2 Å². The number of carbonyl (C=O) groups is 1. The van der Waals surface area contributed by atoms with Crippen LogP contribution in [0.15, 0.2) is 72.8 Å². The zero-order chi connectivity index (χ0) is 42.8. The second kappa shape index (κ2) is 20.7. The highest BCUT2D eigenvalue weighted by atomic mass is 16.5. The SMILES string of the molecule is CC(=O)OCCCCN1CCN(c2cccc(-c3ccc4c(c3)C(C)(C)CCC4)n2)CC1.CC1(C)CCCc2ccc(-c3cccc(N4CCN(CCCCO)CC4)n3)cc21. The number of aliphatic hydroxyl groups excluding tert-OH is 1. The Labute approximate surface area is 366 Å². The van der Waals surface area contributed by atoms with Gasteiger partial charge in [0.25, 0.3) is 0 Å². The molecular formula is C52H72N6O3. The van der Waals surface area contributed by atoms with Gasteiger partial charge in [0, 0.05) is 77.0 Å². The zero-order valence-corrected chi connectivity index (χ0v) is 37.9. The largest absolute Gasteiger partial charge is 0.466 e. The van der Waals surface area contributed by atoms with Crippen LogP contribution < -0.4 is 9.80 Å². The van der Waals surface area contributed by atoms with Crippen LogP contribution in [0.1, 0.15) is 108 Å². The molecule has 0 radical (unpaired) electrons. The summed E-state index contributed by atoms with van der Waals surface area (Å²) in [6.07, 6.45) is 11.5. The molecule has 0 bridgehead atoms. The molecule has 2 aromatic heterocycles. The minimum Gasteiger partial charge on any atom is -0.466 e. The molecule has 4 aliphatic rings. The molecule has 2 fully saturated rings. The highest BCUT2D eigenvalue weighted by molar-refractivity contribution is 5.66. The van der Waals surface area contributed by atoms with Gasteiger partial charge in [-0.3, -0.25) is 14.6 Å². The van der Waals surface area contributed by atoms with Crippen LogP contribution in [0.3, 0.4) is 0 Å². The van der Waals surface area contributed by atoms with E-state index in [-0.39, 0.29) is 16.8 Å². The lowest BCUT2D eigenvalue weighted by molar-refractivity contribution is -0.141. The average molecular weight is 829 g/mol. The van der Waals surface area contributed by atoms with E-state index in [9.17, 15) is 4.79 Å². The molecule has 2 saturated heterocycles. The van der Waals surface area contributed by atoms with Gasteiger partial charge in [0.2, 0.25) is 0 Å². The first-order chi connectivity index (χ1) is 29.5. The third kappa shape index (κ3) is 11.8. The fraction of sp³-hybridized carbons (Fsp3) is 0.558. The Morgan fingerprint density at radius 2 is 1.08 bits per heavy atom. The van der Waals surface area contributed by atoms with Crippen LogP contribution in [0.25, 0.3) is 22.5 Å². The second-order valence-corrected chi connectivity index (χ2v) is 19.1. The molecule has 0 spiro atoms. The van der Waals surface area contributed by atoms with Crippen molar-refractivity contribution in [2.24, 2.45) is 0 Å². The van der Waals surface area contributed by atoms with Gasteiger partial charge in [0.05, 0.1) is 18.0 Å². The highest BCUT2D eigenvalue weighted by Gasteiger charge is 2.29. The summed E-state index contributed by atoms with van der Waals surface area (Å²) in [5.74, 6) is 1.98. The minimum atomic E-state index is -0.188. The van der Waals surface area contributed by atoms with Gasteiger partial charge >= 0.3 is 5.97 Å². The molecule has 9 nitrogen and oxygen atoms in total. The van der Waals surface area contributed by atoms with Crippen LogP contribution in [0.5, 0.6) is 0 Å². The van der Waals surface area contributed by atoms with Crippen molar-refractivity contribution in [2.75, 3.05) is 88.5 Å². The maximum Gasteiger partial charge on any atom is 0.302 e. The van der Waals surface area contributed by atoms with E-state index in [1.807, 2.05) is 0 Å². The van der Waals surface area contributed by atoms with E-state index in [4.69, 9.17) is 19.8 Å². The molecule has 0 saturated carbocycles. The lowest BCUT2D eigenvalue weighted by atomic mass is 9.72. The number of aryl methyl sites for hydroxylation is 2. The molecule has 8 rings (SSSR count). The Hall–Kier alpha value is -4.31. The van der Waals surface area contributed by atoms with Gasteiger partial charge in [0.1, 0.15) is 11.6 Å². The van der Waals surface area contributed by atoms with E-state index >= 15 is 0 Å². The smallest absolute Gasteiger partial charge is 0.302 e. The number of piperazine rings is 2. The molecule has 9 heteroatoms. The maximum absolute atomic E-state index is 10.8. The van der Waals surface area contributed by atoms with Gasteiger partial charge in [-0.25, -0.2) is 9.97 Å². The number of carbonyl (C=O) groups excluding carboxylic acids is 1. The first kappa shape index (κ1) is 44.7. The number of nitrogens with zero attached hydrogens (tertiary/aromatic N) is 6. The van der Waals surface area contributed by atoms with Gasteiger partial charge in [-0.1, -0.05) is 64.1 Å². The number of ether oxygens (including phenoxy) is 1. The lowest BCUT2D eigenvalue weighted by Crippen LogP contribution is -2.47. The maximum atomic E-state index is 10.8. The first-order valence-electron chi connectivity index (χ1n) is 23.4. The number of hydrogen-bond acceptors (Lipinski definition) is 9. The monoisotopic (exact) mass is 829 g/mol. The number of aliphatic hydroxyl groups is 1. The molecule has 328 valence electrons. The van der Waals surface area contributed by atoms with Crippen LogP contribution >= 0.6 is 0 Å². The van der Waals surface area contributed by atoms with Gasteiger partial charge in [-0.05, 0) is 147 Å². The molecule has 0 unspecified atom stereocenters. The van der Waals surface area contributed by atoms with Crippen LogP contribution in [-0.4, -0.2) is 110 Å². The Kier molecular flexibility index (Phi) is 15.2. The van der Waals surface area contributed by atoms with Crippen molar-refractivity contribution in [3.8, 4) is 22.5 Å². The van der Waals surface area contributed by atoms with Crippen molar-refractivity contribution in [3.05, 3.63) is 95.1 Å². The summed E-state index contributed by atoms with van der Waals surface area (Å²) < 4.78 is 5.02. The number of unbranched alkanes of at least 4 members (excludes halogenated alkanes) is 2. The fourth-order valence-electron chi connectivity index (χ4n) is 9.90. The Balaban J connectivity index is 0.000000185. The molecule has 2 aliphatic carbocycles. The Bertz CT molecular complexity index is 2050. The van der Waals surface area contributed by atoms with E-state index < -0.39 is 0 Å². The number of anilines is 2. The van der Waals surface area contributed by atoms with Crippen LogP contribution in [-0.2, 0) is 33.2 Å². The molecule has 4 heterocycles. The average Bonchev–Trinajstić information content (AvgIpc) is 3.27. The van der Waals surface area contributed by atoms with Crippen molar-refractivity contribution in [1.29, 1.82) is 0 Å². The van der Waals surface area contributed by atoms with Crippen LogP contribution in [0.2, 0.25) is 0 Å². The van der Waals surface area contributed by atoms with Crippen molar-refractivity contribution in [3.63, 3.8) is 0 Å². The summed E-state index contributed by atoms with van der Waals surface area (Å²) in [7, 11) is 0. The molecule has 4 aromatic rings. The van der Waals surface area contributed by atoms with Gasteiger partial charge in [-0.2, -0.15) is 0 Å². The summed E-state index contributed by atoms with van der Waals surface area (Å²) in [5.41, 5.74) is 11.1. The fourth-order valence-corrected chi connectivity index (χ4v) is 9.90. The van der Waals surface area contributed by atoms with Crippen molar-refractivity contribution >= 4 is 17.6 Å². The number of pyridine rings is 2. The number of benzene rings is 2. The summed E-state index contributed by atoms with van der Waals surface area (Å²) in [4.78, 5) is 30.7. The molecule has 0 amide bonds. The lowest BCUT2D eigenvalue weighted by Gasteiger charge is -2.35. The third-order valence-corrected chi connectivity index (χ3v) is 13.7. The normalized spacial score (nSPS) is 18.7. The van der Waals surface area contributed by atoms with Crippen molar-refractivity contribution in [1.82, 2.24) is 19.8 Å². The second-order valence-electron chi connectivity index (χ2n) is 19.1. The van der Waals surface area contributed by atoms with Crippen molar-refractivity contribution < 1.29 is 14.6 Å².